The Morgan fingerprint density at radius 2 is 1.93 bits per heavy atom. The van der Waals surface area contributed by atoms with Crippen LogP contribution in [0.5, 0.6) is 5.75 Å². The number of hydrogen-bond acceptors (Lipinski definition) is 6. The molecule has 3 rings (SSSR count). The van der Waals surface area contributed by atoms with Gasteiger partial charge >= 0.3 is 5.97 Å². The molecule has 0 fully saturated rings. The number of fused-ring (bicyclic) bond motifs is 1. The summed E-state index contributed by atoms with van der Waals surface area (Å²) in [4.78, 5) is 21.1. The Balaban J connectivity index is 2.03. The monoisotopic (exact) mass is 428 g/mol. The molecule has 0 amide bonds. The second-order valence-corrected chi connectivity index (χ2v) is 11.0. The van der Waals surface area contributed by atoms with Gasteiger partial charge in [0.1, 0.15) is 16.4 Å². The molecule has 2 heterocycles. The van der Waals surface area contributed by atoms with Crippen molar-refractivity contribution in [1.82, 2.24) is 4.90 Å². The van der Waals surface area contributed by atoms with Gasteiger partial charge in [0, 0.05) is 29.7 Å². The van der Waals surface area contributed by atoms with Gasteiger partial charge in [0.25, 0.3) is 0 Å². The number of phenolic OH excluding ortho intramolecular Hbond substituents is 1. The van der Waals surface area contributed by atoms with Gasteiger partial charge in [0.15, 0.2) is 0 Å². The van der Waals surface area contributed by atoms with Crippen molar-refractivity contribution in [3.05, 3.63) is 45.3 Å². The minimum absolute atomic E-state index is 0.0371. The van der Waals surface area contributed by atoms with Crippen molar-refractivity contribution in [2.45, 2.75) is 65.5 Å². The summed E-state index contributed by atoms with van der Waals surface area (Å²) in [6.45, 7) is 13.7. The number of benzene rings is 1. The molecule has 0 bridgehead atoms. The predicted octanol–water partition coefficient (Wildman–Crippen LogP) is 5.45. The Labute approximate surface area is 183 Å². The Kier molecular flexibility index (Phi) is 6.12. The van der Waals surface area contributed by atoms with E-state index in [1.165, 1.54) is 11.3 Å². The lowest BCUT2D eigenvalue weighted by molar-refractivity contribution is 0.00694. The van der Waals surface area contributed by atoms with Gasteiger partial charge in [-0.05, 0) is 62.9 Å². The standard InChI is InChI=1S/C24H32N2O3S/c1-23(2,3)16-8-9-18(27)15(12-16)13-25-21-20(22(28)29-24(4,5)6)17-10-11-26(7)14-19(17)30-21/h8-9,12-13,27H,10-11,14H2,1-7H3. The number of phenols is 1. The van der Waals surface area contributed by atoms with Crippen LogP contribution < -0.4 is 0 Å². The van der Waals surface area contributed by atoms with E-state index in [2.05, 4.69) is 37.7 Å². The molecule has 5 nitrogen and oxygen atoms in total. The maximum absolute atomic E-state index is 13.0. The largest absolute Gasteiger partial charge is 0.507 e. The van der Waals surface area contributed by atoms with Crippen LogP contribution in [0.1, 0.15) is 73.5 Å². The number of likely N-dealkylation sites (N-methyl/N-ethyl adjacent to an activating group) is 1. The van der Waals surface area contributed by atoms with Crippen LogP contribution in [0.15, 0.2) is 23.2 Å². The van der Waals surface area contributed by atoms with Crippen molar-refractivity contribution < 1.29 is 14.6 Å². The highest BCUT2D eigenvalue weighted by molar-refractivity contribution is 7.16. The van der Waals surface area contributed by atoms with Crippen molar-refractivity contribution >= 4 is 28.5 Å². The lowest BCUT2D eigenvalue weighted by Gasteiger charge is -2.23. The Bertz CT molecular complexity index is 978. The zero-order chi connectivity index (χ0) is 22.3. The summed E-state index contributed by atoms with van der Waals surface area (Å²) >= 11 is 1.53. The molecule has 1 aromatic heterocycles. The summed E-state index contributed by atoms with van der Waals surface area (Å²) in [6.07, 6.45) is 2.45. The summed E-state index contributed by atoms with van der Waals surface area (Å²) in [7, 11) is 2.08. The molecule has 2 aromatic rings. The van der Waals surface area contributed by atoms with E-state index in [4.69, 9.17) is 4.74 Å². The number of carbonyl (C=O) groups excluding carboxylic acids is 1. The van der Waals surface area contributed by atoms with E-state index in [-0.39, 0.29) is 17.1 Å². The number of aliphatic imine (C=N–C) groups is 1. The first-order valence-corrected chi connectivity index (χ1v) is 11.1. The highest BCUT2D eigenvalue weighted by atomic mass is 32.1. The average Bonchev–Trinajstić information content (AvgIpc) is 2.96. The Hall–Kier alpha value is -2.18. The van der Waals surface area contributed by atoms with Crippen LogP contribution in [0.2, 0.25) is 0 Å². The molecule has 1 aliphatic rings. The molecular formula is C24H32N2O3S. The quantitative estimate of drug-likeness (QED) is 0.522. The van der Waals surface area contributed by atoms with Crippen LogP contribution in [-0.4, -0.2) is 41.4 Å². The van der Waals surface area contributed by atoms with Crippen molar-refractivity contribution in [1.29, 1.82) is 0 Å². The Morgan fingerprint density at radius 3 is 2.57 bits per heavy atom. The van der Waals surface area contributed by atoms with Crippen LogP contribution in [0.25, 0.3) is 0 Å². The van der Waals surface area contributed by atoms with E-state index < -0.39 is 5.60 Å². The molecule has 162 valence electrons. The molecule has 1 aromatic carbocycles. The van der Waals surface area contributed by atoms with Crippen molar-refractivity contribution in [2.75, 3.05) is 13.6 Å². The van der Waals surface area contributed by atoms with E-state index >= 15 is 0 Å². The van der Waals surface area contributed by atoms with Crippen LogP contribution in [-0.2, 0) is 23.1 Å². The van der Waals surface area contributed by atoms with E-state index in [0.29, 0.717) is 16.1 Å². The van der Waals surface area contributed by atoms with Gasteiger partial charge < -0.3 is 14.7 Å². The van der Waals surface area contributed by atoms with Crippen LogP contribution in [0.3, 0.4) is 0 Å². The minimum atomic E-state index is -0.572. The number of esters is 1. The zero-order valence-corrected chi connectivity index (χ0v) is 19.8. The van der Waals surface area contributed by atoms with E-state index in [1.54, 1.807) is 12.3 Å². The molecule has 0 aliphatic carbocycles. The fraction of sp³-hybridized carbons (Fsp3) is 0.500. The number of ether oxygens (including phenoxy) is 1. The first-order chi connectivity index (χ1) is 13.8. The first kappa shape index (κ1) is 22.5. The number of carbonyl (C=O) groups is 1. The molecule has 1 N–H and O–H groups in total. The maximum Gasteiger partial charge on any atom is 0.342 e. The second-order valence-electron chi connectivity index (χ2n) is 9.96. The number of hydrogen-bond donors (Lipinski definition) is 1. The molecule has 1 aliphatic heterocycles. The number of nitrogens with zero attached hydrogens (tertiary/aromatic N) is 2. The van der Waals surface area contributed by atoms with Crippen molar-refractivity contribution in [2.24, 2.45) is 4.99 Å². The SMILES string of the molecule is CN1CCc2c(sc(N=Cc3cc(C(C)(C)C)ccc3O)c2C(=O)OC(C)(C)C)C1. The third-order valence-corrected chi connectivity index (χ3v) is 6.17. The fourth-order valence-corrected chi connectivity index (χ4v) is 4.66. The van der Waals surface area contributed by atoms with Crippen molar-refractivity contribution in [3.8, 4) is 5.75 Å². The summed E-state index contributed by atoms with van der Waals surface area (Å²) in [6, 6.07) is 5.58. The molecule has 0 saturated heterocycles. The lowest BCUT2D eigenvalue weighted by atomic mass is 9.86. The topological polar surface area (TPSA) is 62.1 Å². The third kappa shape index (κ3) is 5.10. The van der Waals surface area contributed by atoms with Crippen molar-refractivity contribution in [3.63, 3.8) is 0 Å². The molecule has 0 radical (unpaired) electrons. The highest BCUT2D eigenvalue weighted by Gasteiger charge is 2.30. The molecule has 30 heavy (non-hydrogen) atoms. The summed E-state index contributed by atoms with van der Waals surface area (Å²) < 4.78 is 5.69. The van der Waals surface area contributed by atoms with E-state index in [0.717, 1.165) is 35.5 Å². The average molecular weight is 429 g/mol. The van der Waals surface area contributed by atoms with Gasteiger partial charge in [-0.15, -0.1) is 11.3 Å². The van der Waals surface area contributed by atoms with Gasteiger partial charge in [-0.25, -0.2) is 9.79 Å². The summed E-state index contributed by atoms with van der Waals surface area (Å²) in [5, 5.41) is 11.0. The van der Waals surface area contributed by atoms with E-state index in [9.17, 15) is 9.90 Å². The summed E-state index contributed by atoms with van der Waals surface area (Å²) in [5.41, 5.74) is 2.76. The van der Waals surface area contributed by atoms with Gasteiger partial charge in [0.2, 0.25) is 0 Å². The Morgan fingerprint density at radius 1 is 1.23 bits per heavy atom. The van der Waals surface area contributed by atoms with Crippen LogP contribution >= 0.6 is 11.3 Å². The second kappa shape index (κ2) is 8.16. The number of aromatic hydroxyl groups is 1. The molecule has 6 heteroatoms. The fourth-order valence-electron chi connectivity index (χ4n) is 3.40. The smallest absolute Gasteiger partial charge is 0.342 e. The molecule has 0 spiro atoms. The normalized spacial score (nSPS) is 15.4. The van der Waals surface area contributed by atoms with Gasteiger partial charge in [-0.3, -0.25) is 0 Å². The van der Waals surface area contributed by atoms with Gasteiger partial charge in [-0.2, -0.15) is 0 Å². The molecular weight excluding hydrogens is 396 g/mol. The van der Waals surface area contributed by atoms with Gasteiger partial charge in [-0.1, -0.05) is 26.8 Å². The number of thiophene rings is 1. The number of rotatable bonds is 3. The highest BCUT2D eigenvalue weighted by Crippen LogP contribution is 2.40. The molecule has 0 saturated carbocycles. The predicted molar refractivity (Wildman–Crippen MR) is 124 cm³/mol. The maximum atomic E-state index is 13.0. The van der Waals surface area contributed by atoms with Gasteiger partial charge in [0.05, 0.1) is 5.56 Å². The zero-order valence-electron chi connectivity index (χ0n) is 19.0. The van der Waals surface area contributed by atoms with E-state index in [1.807, 2.05) is 32.9 Å². The molecule has 0 atom stereocenters. The van der Waals surface area contributed by atoms with Crippen LogP contribution in [0, 0.1) is 0 Å². The lowest BCUT2D eigenvalue weighted by Crippen LogP contribution is -2.28. The summed E-state index contributed by atoms with van der Waals surface area (Å²) in [5.74, 6) is -0.156. The minimum Gasteiger partial charge on any atom is -0.507 e. The first-order valence-electron chi connectivity index (χ1n) is 10.3. The van der Waals surface area contributed by atoms with Crippen LogP contribution in [0.4, 0.5) is 5.00 Å². The molecule has 0 unspecified atom stereocenters. The third-order valence-electron chi connectivity index (χ3n) is 5.05.